The van der Waals surface area contributed by atoms with Crippen LogP contribution in [0.3, 0.4) is 0 Å². The molecule has 2 aliphatic rings. The van der Waals surface area contributed by atoms with Crippen LogP contribution in [0.2, 0.25) is 0 Å². The maximum absolute atomic E-state index is 12.7. The molecule has 0 aliphatic carbocycles. The summed E-state index contributed by atoms with van der Waals surface area (Å²) in [5, 5.41) is 18.5. The Kier molecular flexibility index (Phi) is 6.68. The van der Waals surface area contributed by atoms with Crippen molar-refractivity contribution in [2.45, 2.75) is 26.4 Å². The van der Waals surface area contributed by atoms with Gasteiger partial charge in [-0.3, -0.25) is 14.5 Å². The predicted molar refractivity (Wildman–Crippen MR) is 109 cm³/mol. The second-order valence-electron chi connectivity index (χ2n) is 6.95. The van der Waals surface area contributed by atoms with Gasteiger partial charge in [0.15, 0.2) is 0 Å². The molecule has 2 heterocycles. The maximum Gasteiger partial charge on any atom is 0.338 e. The highest BCUT2D eigenvalue weighted by atomic mass is 16.5. The summed E-state index contributed by atoms with van der Waals surface area (Å²) in [6, 6.07) is 8.75. The molecule has 0 bridgehead atoms. The number of hydrogen-bond donors (Lipinski definition) is 1. The first-order valence-electron chi connectivity index (χ1n) is 9.85. The van der Waals surface area contributed by atoms with Gasteiger partial charge in [-0.15, -0.1) is 0 Å². The van der Waals surface area contributed by atoms with Crippen molar-refractivity contribution in [3.63, 3.8) is 0 Å². The summed E-state index contributed by atoms with van der Waals surface area (Å²) in [5.74, 6) is -1.24. The molecule has 0 saturated heterocycles. The molecular weight excluding hydrogens is 400 g/mol. The molecule has 31 heavy (non-hydrogen) atoms. The van der Waals surface area contributed by atoms with Crippen LogP contribution in [0.15, 0.2) is 58.9 Å². The monoisotopic (exact) mass is 422 g/mol. The van der Waals surface area contributed by atoms with Gasteiger partial charge in [-0.2, -0.15) is 5.26 Å². The number of allylic oxidation sites excluding steroid dienone is 1. The van der Waals surface area contributed by atoms with Crippen LogP contribution in [0.1, 0.15) is 42.3 Å². The minimum atomic E-state index is -0.711. The maximum atomic E-state index is 12.7. The highest BCUT2D eigenvalue weighted by Gasteiger charge is 2.35. The Morgan fingerprint density at radius 2 is 2.03 bits per heavy atom. The molecule has 0 spiro atoms. The van der Waals surface area contributed by atoms with Crippen molar-refractivity contribution >= 4 is 17.8 Å². The molecule has 1 atom stereocenters. The molecule has 0 fully saturated rings. The van der Waals surface area contributed by atoms with E-state index in [2.05, 4.69) is 0 Å². The summed E-state index contributed by atoms with van der Waals surface area (Å²) in [7, 11) is 0. The summed E-state index contributed by atoms with van der Waals surface area (Å²) < 4.78 is 10.9. The van der Waals surface area contributed by atoms with Crippen LogP contribution in [0, 0.1) is 11.3 Å². The molecule has 160 valence electrons. The second kappa shape index (κ2) is 9.41. The summed E-state index contributed by atoms with van der Waals surface area (Å²) in [4.78, 5) is 37.7. The molecule has 1 N–H and O–H groups in total. The number of carbonyl (C=O) groups is 3. The lowest BCUT2D eigenvalue weighted by Gasteiger charge is -2.26. The minimum Gasteiger partial charge on any atom is -0.486 e. The van der Waals surface area contributed by atoms with Gasteiger partial charge >= 0.3 is 5.97 Å². The summed E-state index contributed by atoms with van der Waals surface area (Å²) >= 11 is 0. The summed E-state index contributed by atoms with van der Waals surface area (Å²) in [5.41, 5.74) is 1.62. The number of aliphatic hydroxyl groups is 1. The molecule has 0 saturated carbocycles. The van der Waals surface area contributed by atoms with E-state index >= 15 is 0 Å². The van der Waals surface area contributed by atoms with E-state index in [-0.39, 0.29) is 29.4 Å². The molecule has 1 aromatic rings. The number of benzene rings is 1. The third-order valence-corrected chi connectivity index (χ3v) is 5.04. The first-order valence-corrected chi connectivity index (χ1v) is 9.85. The van der Waals surface area contributed by atoms with E-state index in [1.165, 1.54) is 13.0 Å². The average molecular weight is 422 g/mol. The summed E-state index contributed by atoms with van der Waals surface area (Å²) in [6.07, 6.45) is 3.59. The number of rotatable bonds is 6. The van der Waals surface area contributed by atoms with Gasteiger partial charge in [0.05, 0.1) is 25.3 Å². The van der Waals surface area contributed by atoms with Crippen molar-refractivity contribution in [3.8, 4) is 6.07 Å². The zero-order valence-corrected chi connectivity index (χ0v) is 17.3. The van der Waals surface area contributed by atoms with E-state index < -0.39 is 24.4 Å². The van der Waals surface area contributed by atoms with Crippen molar-refractivity contribution in [1.29, 1.82) is 5.26 Å². The van der Waals surface area contributed by atoms with Gasteiger partial charge < -0.3 is 14.6 Å². The Morgan fingerprint density at radius 1 is 1.32 bits per heavy atom. The van der Waals surface area contributed by atoms with Crippen molar-refractivity contribution in [3.05, 3.63) is 70.0 Å². The fourth-order valence-corrected chi connectivity index (χ4v) is 3.40. The quantitative estimate of drug-likeness (QED) is 0.425. The van der Waals surface area contributed by atoms with Crippen LogP contribution in [0.5, 0.6) is 0 Å². The van der Waals surface area contributed by atoms with Crippen LogP contribution in [0.25, 0.3) is 0 Å². The van der Waals surface area contributed by atoms with E-state index in [0.29, 0.717) is 24.4 Å². The third-order valence-electron chi connectivity index (χ3n) is 5.04. The van der Waals surface area contributed by atoms with E-state index in [1.54, 1.807) is 31.2 Å². The first-order chi connectivity index (χ1) is 14.9. The normalized spacial score (nSPS) is 19.9. The standard InChI is InChI=1S/C23H22N2O6/c1-3-30-23(29)16-6-4-15(5-7-16)20-9-8-17(31-20)12-18-14(2)19(13-24)22(28)25(10-11-26)21(18)27/h4-8,12,20,26H,3,9-11H2,1-2H3/b18-12-. The number of ether oxygens (including phenoxy) is 2. The van der Waals surface area contributed by atoms with Crippen LogP contribution in [-0.4, -0.2) is 47.5 Å². The van der Waals surface area contributed by atoms with E-state index in [1.807, 2.05) is 12.1 Å². The number of amides is 2. The average Bonchev–Trinajstić information content (AvgIpc) is 3.23. The number of aliphatic hydroxyl groups excluding tert-OH is 1. The number of imide groups is 1. The van der Waals surface area contributed by atoms with Crippen molar-refractivity contribution in [2.75, 3.05) is 19.8 Å². The molecule has 3 rings (SSSR count). The molecular formula is C23H22N2O6. The Balaban J connectivity index is 1.80. The zero-order valence-electron chi connectivity index (χ0n) is 17.3. The minimum absolute atomic E-state index is 0.135. The molecule has 0 aromatic heterocycles. The van der Waals surface area contributed by atoms with Crippen LogP contribution >= 0.6 is 0 Å². The summed E-state index contributed by atoms with van der Waals surface area (Å²) in [6.45, 7) is 2.99. The number of nitriles is 1. The van der Waals surface area contributed by atoms with Crippen molar-refractivity contribution < 1.29 is 29.0 Å². The number of esters is 1. The Morgan fingerprint density at radius 3 is 2.65 bits per heavy atom. The largest absolute Gasteiger partial charge is 0.486 e. The van der Waals surface area contributed by atoms with Crippen molar-refractivity contribution in [1.82, 2.24) is 4.90 Å². The number of nitrogens with zero attached hydrogens (tertiary/aromatic N) is 2. The van der Waals surface area contributed by atoms with Gasteiger partial charge in [-0.05, 0) is 49.3 Å². The Hall–Kier alpha value is -3.70. The van der Waals surface area contributed by atoms with Gasteiger partial charge in [0.1, 0.15) is 23.5 Å². The Labute approximate surface area is 179 Å². The SMILES string of the molecule is CCOC(=O)c1ccc(C2CC=C(/C=C3\C(=O)N(CCO)C(=O)C(C#N)=C3C)O2)cc1. The molecule has 0 radical (unpaired) electrons. The first kappa shape index (κ1) is 22.0. The molecule has 1 unspecified atom stereocenters. The highest BCUT2D eigenvalue weighted by molar-refractivity contribution is 6.18. The van der Waals surface area contributed by atoms with Gasteiger partial charge in [0.2, 0.25) is 0 Å². The lowest BCUT2D eigenvalue weighted by Crippen LogP contribution is -2.44. The number of β-amino-alcohol motifs (C(OH)–C–C–N with tert-alkyl or cyclic N) is 1. The topological polar surface area (TPSA) is 117 Å². The fourth-order valence-electron chi connectivity index (χ4n) is 3.40. The number of hydrogen-bond acceptors (Lipinski definition) is 7. The van der Waals surface area contributed by atoms with E-state index in [9.17, 15) is 19.6 Å². The van der Waals surface area contributed by atoms with Gasteiger partial charge in [0.25, 0.3) is 11.8 Å². The Bertz CT molecular complexity index is 1040. The van der Waals surface area contributed by atoms with E-state index in [0.717, 1.165) is 10.5 Å². The van der Waals surface area contributed by atoms with Crippen LogP contribution in [-0.2, 0) is 19.1 Å². The van der Waals surface area contributed by atoms with Gasteiger partial charge in [-0.25, -0.2) is 4.79 Å². The van der Waals surface area contributed by atoms with E-state index in [4.69, 9.17) is 14.6 Å². The van der Waals surface area contributed by atoms with Crippen molar-refractivity contribution in [2.24, 2.45) is 0 Å². The molecule has 8 heteroatoms. The predicted octanol–water partition coefficient (Wildman–Crippen LogP) is 2.34. The smallest absolute Gasteiger partial charge is 0.338 e. The highest BCUT2D eigenvalue weighted by Crippen LogP contribution is 2.34. The lowest BCUT2D eigenvalue weighted by atomic mass is 9.95. The molecule has 8 nitrogen and oxygen atoms in total. The van der Waals surface area contributed by atoms with Crippen LogP contribution < -0.4 is 0 Å². The number of carbonyl (C=O) groups excluding carboxylic acids is 3. The lowest BCUT2D eigenvalue weighted by molar-refractivity contribution is -0.141. The van der Waals surface area contributed by atoms with Crippen LogP contribution in [0.4, 0.5) is 0 Å². The van der Waals surface area contributed by atoms with Gasteiger partial charge in [-0.1, -0.05) is 12.1 Å². The fraction of sp³-hybridized carbons (Fsp3) is 0.304. The molecule has 2 amide bonds. The zero-order chi connectivity index (χ0) is 22.5. The van der Waals surface area contributed by atoms with Gasteiger partial charge in [0, 0.05) is 12.0 Å². The molecule has 1 aromatic carbocycles. The second-order valence-corrected chi connectivity index (χ2v) is 6.95. The molecule has 2 aliphatic heterocycles. The third kappa shape index (κ3) is 4.42.